The number of isothiocyanates is 1. The van der Waals surface area contributed by atoms with Crippen LogP contribution in [0.3, 0.4) is 0 Å². The van der Waals surface area contributed by atoms with E-state index < -0.39 is 0 Å². The van der Waals surface area contributed by atoms with Crippen molar-refractivity contribution in [3.8, 4) is 11.8 Å². The van der Waals surface area contributed by atoms with Gasteiger partial charge in [-0.3, -0.25) is 0 Å². The summed E-state index contributed by atoms with van der Waals surface area (Å²) in [5, 5.41) is 2.76. The van der Waals surface area contributed by atoms with Crippen molar-refractivity contribution in [3.63, 3.8) is 0 Å². The maximum absolute atomic E-state index is 6.20. The lowest BCUT2D eigenvalue weighted by Gasteiger charge is -2.06. The van der Waals surface area contributed by atoms with Crippen LogP contribution in [-0.4, -0.2) is 10.1 Å². The summed E-state index contributed by atoms with van der Waals surface area (Å²) in [6.45, 7) is 4.36. The minimum Gasteiger partial charge on any atom is -0.244 e. The number of aliphatic imine (C=N–C) groups is 1. The number of aryl methyl sites for hydroxylation is 2. The molecule has 0 saturated heterocycles. The molecule has 2 rings (SSSR count). The number of aromatic nitrogens is 1. The fourth-order valence-corrected chi connectivity index (χ4v) is 2.67. The van der Waals surface area contributed by atoms with Gasteiger partial charge in [-0.1, -0.05) is 49.9 Å². The van der Waals surface area contributed by atoms with Gasteiger partial charge in [-0.05, 0) is 60.7 Å². The maximum Gasteiger partial charge on any atom is 0.132 e. The molecule has 1 heterocycles. The highest BCUT2D eigenvalue weighted by Crippen LogP contribution is 2.20. The summed E-state index contributed by atoms with van der Waals surface area (Å²) in [6, 6.07) is 8.19. The zero-order valence-electron chi connectivity index (χ0n) is 13.9. The fourth-order valence-electron chi connectivity index (χ4n) is 2.36. The molecule has 0 unspecified atom stereocenters. The van der Waals surface area contributed by atoms with Crippen LogP contribution < -0.4 is 0 Å². The number of thiocarbonyl (C=S) groups is 1. The van der Waals surface area contributed by atoms with E-state index >= 15 is 0 Å². The average Bonchev–Trinajstić information content (AvgIpc) is 2.60. The van der Waals surface area contributed by atoms with Crippen LogP contribution >= 0.6 is 23.8 Å². The Morgan fingerprint density at radius 2 is 2.04 bits per heavy atom. The summed E-state index contributed by atoms with van der Waals surface area (Å²) in [6.07, 6.45) is 6.07. The smallest absolute Gasteiger partial charge is 0.132 e. The molecule has 0 N–H and O–H groups in total. The van der Waals surface area contributed by atoms with Crippen LogP contribution in [-0.2, 0) is 12.8 Å². The molecular weight excluding hydrogens is 336 g/mol. The molecule has 0 bridgehead atoms. The molecule has 2 nitrogen and oxygen atoms in total. The van der Waals surface area contributed by atoms with Crippen molar-refractivity contribution in [3.05, 3.63) is 57.9 Å². The van der Waals surface area contributed by atoms with Gasteiger partial charge in [-0.15, -0.1) is 0 Å². The van der Waals surface area contributed by atoms with Crippen LogP contribution in [0.5, 0.6) is 0 Å². The first kappa shape index (κ1) is 18.4. The van der Waals surface area contributed by atoms with Gasteiger partial charge in [0, 0.05) is 5.56 Å². The van der Waals surface area contributed by atoms with Gasteiger partial charge in [0.1, 0.15) is 5.69 Å². The molecular formula is C20H19ClN2S. The number of benzene rings is 1. The Bertz CT molecular complexity index is 827. The van der Waals surface area contributed by atoms with E-state index in [1.807, 2.05) is 0 Å². The minimum absolute atomic E-state index is 0.464. The lowest BCUT2D eigenvalue weighted by molar-refractivity contribution is 0.794. The van der Waals surface area contributed by atoms with Gasteiger partial charge in [0.05, 0.1) is 22.1 Å². The molecule has 0 atom stereocenters. The van der Waals surface area contributed by atoms with E-state index in [2.05, 4.69) is 71.2 Å². The molecule has 4 heteroatoms. The predicted molar refractivity (Wildman–Crippen MR) is 104 cm³/mol. The highest BCUT2D eigenvalue weighted by atomic mass is 35.5. The Hall–Kier alpha value is -1.98. The van der Waals surface area contributed by atoms with Crippen molar-refractivity contribution in [2.24, 2.45) is 4.99 Å². The first-order chi connectivity index (χ1) is 11.7. The first-order valence-corrected chi connectivity index (χ1v) is 8.83. The van der Waals surface area contributed by atoms with E-state index in [-0.39, 0.29) is 0 Å². The zero-order valence-corrected chi connectivity index (χ0v) is 15.5. The third-order valence-electron chi connectivity index (χ3n) is 3.69. The number of hydrogen-bond acceptors (Lipinski definition) is 3. The Balaban J connectivity index is 2.28. The largest absolute Gasteiger partial charge is 0.244 e. The number of rotatable bonds is 5. The Kier molecular flexibility index (Phi) is 7.15. The number of nitrogens with zero attached hydrogens (tertiary/aromatic N) is 2. The maximum atomic E-state index is 6.20. The predicted octanol–water partition coefficient (Wildman–Crippen LogP) is 5.77. The molecule has 0 saturated carbocycles. The first-order valence-electron chi connectivity index (χ1n) is 8.05. The highest BCUT2D eigenvalue weighted by molar-refractivity contribution is 7.78. The van der Waals surface area contributed by atoms with Crippen molar-refractivity contribution < 1.29 is 0 Å². The van der Waals surface area contributed by atoms with Crippen molar-refractivity contribution >= 4 is 34.7 Å². The van der Waals surface area contributed by atoms with Gasteiger partial charge in [0.15, 0.2) is 0 Å². The van der Waals surface area contributed by atoms with Crippen LogP contribution in [0, 0.1) is 11.8 Å². The molecule has 1 aromatic carbocycles. The highest BCUT2D eigenvalue weighted by Gasteiger charge is 2.03. The second-order valence-electron chi connectivity index (χ2n) is 5.43. The van der Waals surface area contributed by atoms with Crippen LogP contribution in [0.15, 0.2) is 35.5 Å². The third kappa shape index (κ3) is 5.01. The molecule has 0 aliphatic rings. The van der Waals surface area contributed by atoms with Crippen molar-refractivity contribution in [2.45, 2.75) is 39.5 Å². The molecule has 0 amide bonds. The van der Waals surface area contributed by atoms with Gasteiger partial charge >= 0.3 is 0 Å². The summed E-state index contributed by atoms with van der Waals surface area (Å²) in [7, 11) is 0. The van der Waals surface area contributed by atoms with Crippen molar-refractivity contribution in [2.75, 3.05) is 0 Å². The van der Waals surface area contributed by atoms with E-state index in [4.69, 9.17) is 11.6 Å². The normalized spacial score (nSPS) is 9.79. The fraction of sp³-hybridized carbons (Fsp3) is 0.300. The Morgan fingerprint density at radius 1 is 1.21 bits per heavy atom. The molecule has 122 valence electrons. The van der Waals surface area contributed by atoms with Gasteiger partial charge in [-0.2, -0.15) is 4.99 Å². The van der Waals surface area contributed by atoms with Crippen molar-refractivity contribution in [1.82, 2.24) is 4.98 Å². The zero-order chi connectivity index (χ0) is 17.4. The SMILES string of the molecule is CCCCc1ccc(C#Cc2ncc(N=C=S)cc2Cl)c(CC)c1. The standard InChI is InChI=1S/C20H19ClN2S/c1-3-5-6-15-7-8-17(16(4-2)11-15)9-10-20-19(21)12-18(13-22-20)23-14-24/h7-8,11-13H,3-6H2,1-2H3. The lowest BCUT2D eigenvalue weighted by Crippen LogP contribution is -1.93. The molecule has 0 aliphatic carbocycles. The molecule has 0 radical (unpaired) electrons. The summed E-state index contributed by atoms with van der Waals surface area (Å²) in [5.41, 5.74) is 4.77. The molecule has 0 aliphatic heterocycles. The molecule has 1 aromatic heterocycles. The van der Waals surface area contributed by atoms with Crippen LogP contribution in [0.1, 0.15) is 49.1 Å². The Labute approximate surface area is 154 Å². The van der Waals surface area contributed by atoms with E-state index in [9.17, 15) is 0 Å². The minimum atomic E-state index is 0.464. The molecule has 0 fully saturated rings. The summed E-state index contributed by atoms with van der Waals surface area (Å²) < 4.78 is 0. The van der Waals surface area contributed by atoms with Gasteiger partial charge < -0.3 is 0 Å². The third-order valence-corrected chi connectivity index (χ3v) is 4.07. The molecule has 24 heavy (non-hydrogen) atoms. The second kappa shape index (κ2) is 9.35. The van der Waals surface area contributed by atoms with Gasteiger partial charge in [0.25, 0.3) is 0 Å². The van der Waals surface area contributed by atoms with E-state index in [0.717, 1.165) is 18.4 Å². The van der Waals surface area contributed by atoms with Gasteiger partial charge in [-0.25, -0.2) is 4.98 Å². The van der Waals surface area contributed by atoms with Crippen LogP contribution in [0.4, 0.5) is 5.69 Å². The number of pyridine rings is 1. The summed E-state index contributed by atoms with van der Waals surface area (Å²) >= 11 is 10.8. The average molecular weight is 355 g/mol. The van der Waals surface area contributed by atoms with E-state index in [1.165, 1.54) is 24.0 Å². The van der Waals surface area contributed by atoms with E-state index in [1.54, 1.807) is 12.3 Å². The number of hydrogen-bond donors (Lipinski definition) is 0. The molecule has 0 spiro atoms. The number of halogens is 1. The number of unbranched alkanes of at least 4 members (excludes halogenated alkanes) is 1. The second-order valence-corrected chi connectivity index (χ2v) is 6.02. The van der Waals surface area contributed by atoms with Crippen LogP contribution in [0.2, 0.25) is 5.02 Å². The topological polar surface area (TPSA) is 25.2 Å². The quantitative estimate of drug-likeness (QED) is 0.386. The van der Waals surface area contributed by atoms with Crippen LogP contribution in [0.25, 0.3) is 0 Å². The lowest BCUT2D eigenvalue weighted by atomic mass is 9.99. The molecule has 2 aromatic rings. The monoisotopic (exact) mass is 354 g/mol. The van der Waals surface area contributed by atoms with E-state index in [0.29, 0.717) is 16.4 Å². The Morgan fingerprint density at radius 3 is 2.71 bits per heavy atom. The van der Waals surface area contributed by atoms with Gasteiger partial charge in [0.2, 0.25) is 0 Å². The summed E-state index contributed by atoms with van der Waals surface area (Å²) in [4.78, 5) is 8.10. The van der Waals surface area contributed by atoms with Crippen molar-refractivity contribution in [1.29, 1.82) is 0 Å². The summed E-state index contributed by atoms with van der Waals surface area (Å²) in [5.74, 6) is 6.25.